The van der Waals surface area contributed by atoms with Gasteiger partial charge in [-0.1, -0.05) is 27.7 Å². The highest BCUT2D eigenvalue weighted by molar-refractivity contribution is 5.69. The second-order valence-electron chi connectivity index (χ2n) is 12.0. The van der Waals surface area contributed by atoms with Crippen LogP contribution in [0.3, 0.4) is 0 Å². The van der Waals surface area contributed by atoms with E-state index in [1.807, 2.05) is 0 Å². The third-order valence-electron chi connectivity index (χ3n) is 10.7. The number of carbonyl (C=O) groups is 1. The SMILES string of the molecule is C[C@H](C[C@@H](C)[C@H]1CCC2C3C(C[C@H](O)[C@@]21C)[C@@]1(C)CC[C@@H](O)CC1C[C@H]3O)C(=O)O. The van der Waals surface area contributed by atoms with Gasteiger partial charge in [-0.05, 0) is 97.7 Å². The van der Waals surface area contributed by atoms with Gasteiger partial charge in [0.15, 0.2) is 0 Å². The Bertz CT molecular complexity index is 666. The van der Waals surface area contributed by atoms with Crippen LogP contribution in [-0.4, -0.2) is 44.7 Å². The van der Waals surface area contributed by atoms with Gasteiger partial charge in [0.1, 0.15) is 0 Å². The number of rotatable bonds is 4. The predicted octanol–water partition coefficient (Wildman–Crippen LogP) is 3.69. The fourth-order valence-corrected chi connectivity index (χ4v) is 8.95. The van der Waals surface area contributed by atoms with Crippen LogP contribution in [0.15, 0.2) is 0 Å². The molecule has 0 amide bonds. The second-order valence-corrected chi connectivity index (χ2v) is 12.0. The van der Waals surface area contributed by atoms with Crippen molar-refractivity contribution in [3.8, 4) is 0 Å². The van der Waals surface area contributed by atoms with Crippen molar-refractivity contribution in [2.24, 2.45) is 52.3 Å². The molecule has 0 aliphatic heterocycles. The summed E-state index contributed by atoms with van der Waals surface area (Å²) in [6.45, 7) is 8.52. The lowest BCUT2D eigenvalue weighted by Gasteiger charge is -2.63. The Morgan fingerprint density at radius 2 is 1.70 bits per heavy atom. The normalized spacial score (nSPS) is 52.6. The van der Waals surface area contributed by atoms with Crippen LogP contribution >= 0.6 is 0 Å². The molecule has 0 aromatic rings. The van der Waals surface area contributed by atoms with Gasteiger partial charge in [0.05, 0.1) is 24.2 Å². The predicted molar refractivity (Wildman–Crippen MR) is 115 cm³/mol. The van der Waals surface area contributed by atoms with Crippen LogP contribution < -0.4 is 0 Å². The largest absolute Gasteiger partial charge is 0.481 e. The summed E-state index contributed by atoms with van der Waals surface area (Å²) in [7, 11) is 0. The Balaban J connectivity index is 1.61. The molecule has 0 spiro atoms. The highest BCUT2D eigenvalue weighted by Gasteiger charge is 2.65. The molecule has 4 unspecified atom stereocenters. The fraction of sp³-hybridized carbons (Fsp3) is 0.960. The molecular weight excluding hydrogens is 380 g/mol. The lowest BCUT2D eigenvalue weighted by molar-refractivity contribution is -0.207. The molecule has 4 rings (SSSR count). The smallest absolute Gasteiger partial charge is 0.306 e. The molecule has 172 valence electrons. The van der Waals surface area contributed by atoms with Gasteiger partial charge >= 0.3 is 5.97 Å². The van der Waals surface area contributed by atoms with Gasteiger partial charge in [-0.2, -0.15) is 0 Å². The molecule has 0 heterocycles. The zero-order valence-electron chi connectivity index (χ0n) is 19.1. The summed E-state index contributed by atoms with van der Waals surface area (Å²) in [5, 5.41) is 42.4. The second kappa shape index (κ2) is 7.74. The minimum atomic E-state index is -0.744. The number of fused-ring (bicyclic) bond motifs is 5. The zero-order chi connectivity index (χ0) is 22.0. The minimum absolute atomic E-state index is 0.0902. The first-order valence-corrected chi connectivity index (χ1v) is 12.3. The number of aliphatic hydroxyl groups excluding tert-OH is 3. The van der Waals surface area contributed by atoms with Crippen LogP contribution in [0, 0.1) is 52.3 Å². The van der Waals surface area contributed by atoms with Crippen molar-refractivity contribution in [2.75, 3.05) is 0 Å². The number of aliphatic carboxylic acids is 1. The third-order valence-corrected chi connectivity index (χ3v) is 10.7. The molecule has 5 nitrogen and oxygen atoms in total. The minimum Gasteiger partial charge on any atom is -0.481 e. The summed E-state index contributed by atoms with van der Waals surface area (Å²) in [4.78, 5) is 11.4. The summed E-state index contributed by atoms with van der Waals surface area (Å²) < 4.78 is 0. The van der Waals surface area contributed by atoms with Crippen LogP contribution in [0.1, 0.15) is 79.1 Å². The van der Waals surface area contributed by atoms with Gasteiger partial charge in [-0.3, -0.25) is 4.79 Å². The number of carboxylic acids is 1. The molecule has 4 aliphatic rings. The summed E-state index contributed by atoms with van der Waals surface area (Å²) >= 11 is 0. The Hall–Kier alpha value is -0.650. The van der Waals surface area contributed by atoms with Gasteiger partial charge < -0.3 is 20.4 Å². The van der Waals surface area contributed by atoms with Crippen molar-refractivity contribution in [3.63, 3.8) is 0 Å². The van der Waals surface area contributed by atoms with Crippen LogP contribution in [-0.2, 0) is 4.79 Å². The van der Waals surface area contributed by atoms with Crippen molar-refractivity contribution < 1.29 is 25.2 Å². The Kier molecular flexibility index (Phi) is 5.81. The first kappa shape index (κ1) is 22.5. The number of hydrogen-bond acceptors (Lipinski definition) is 4. The first-order valence-electron chi connectivity index (χ1n) is 12.3. The standard InChI is InChI=1S/C25H42O5/c1-13(9-14(2)23(29)30)17-5-6-18-22-19(12-21(28)25(17,18)4)24(3)8-7-16(26)10-15(24)11-20(22)27/h13-22,26-28H,5-12H2,1-4H3,(H,29,30)/t13-,14-,15?,16-,17-,18?,19?,20-,21+,22?,24+,25-/m1/s1. The Labute approximate surface area is 181 Å². The van der Waals surface area contributed by atoms with E-state index in [2.05, 4.69) is 20.8 Å². The molecule has 0 saturated heterocycles. The maximum absolute atomic E-state index is 11.5. The molecule has 4 fully saturated rings. The number of hydrogen-bond donors (Lipinski definition) is 4. The molecule has 12 atom stereocenters. The molecular formula is C25H42O5. The first-order chi connectivity index (χ1) is 14.0. The Morgan fingerprint density at radius 1 is 1.00 bits per heavy atom. The van der Waals surface area contributed by atoms with Crippen molar-refractivity contribution in [1.82, 2.24) is 0 Å². The Morgan fingerprint density at radius 3 is 2.37 bits per heavy atom. The monoisotopic (exact) mass is 422 g/mol. The molecule has 5 heteroatoms. The topological polar surface area (TPSA) is 98.0 Å². The van der Waals surface area contributed by atoms with Crippen LogP contribution in [0.4, 0.5) is 0 Å². The highest BCUT2D eigenvalue weighted by atomic mass is 16.4. The highest BCUT2D eigenvalue weighted by Crippen LogP contribution is 2.68. The van der Waals surface area contributed by atoms with E-state index in [1.54, 1.807) is 6.92 Å². The van der Waals surface area contributed by atoms with Crippen molar-refractivity contribution >= 4 is 5.97 Å². The molecule has 30 heavy (non-hydrogen) atoms. The van der Waals surface area contributed by atoms with Gasteiger partial charge in [0.25, 0.3) is 0 Å². The average Bonchev–Trinajstić information content (AvgIpc) is 3.02. The lowest BCUT2D eigenvalue weighted by Crippen LogP contribution is -2.62. The van der Waals surface area contributed by atoms with Crippen LogP contribution in [0.2, 0.25) is 0 Å². The molecule has 0 aromatic heterocycles. The quantitative estimate of drug-likeness (QED) is 0.554. The summed E-state index contributed by atoms with van der Waals surface area (Å²) in [6.07, 6.45) is 5.75. The molecule has 4 saturated carbocycles. The fourth-order valence-electron chi connectivity index (χ4n) is 8.95. The van der Waals surface area contributed by atoms with E-state index in [-0.39, 0.29) is 40.8 Å². The van der Waals surface area contributed by atoms with E-state index < -0.39 is 12.1 Å². The maximum Gasteiger partial charge on any atom is 0.306 e. The van der Waals surface area contributed by atoms with E-state index in [1.165, 1.54) is 0 Å². The summed E-state index contributed by atoms with van der Waals surface area (Å²) in [5.41, 5.74) is -0.163. The third kappa shape index (κ3) is 3.26. The number of carboxylic acid groups (broad SMARTS) is 1. The maximum atomic E-state index is 11.5. The molecule has 4 N–H and O–H groups in total. The molecule has 0 aromatic carbocycles. The van der Waals surface area contributed by atoms with E-state index in [0.717, 1.165) is 44.9 Å². The van der Waals surface area contributed by atoms with Crippen LogP contribution in [0.25, 0.3) is 0 Å². The van der Waals surface area contributed by atoms with E-state index in [9.17, 15) is 25.2 Å². The van der Waals surface area contributed by atoms with Gasteiger partial charge in [-0.15, -0.1) is 0 Å². The van der Waals surface area contributed by atoms with E-state index in [4.69, 9.17) is 0 Å². The van der Waals surface area contributed by atoms with Gasteiger partial charge in [0, 0.05) is 0 Å². The molecule has 4 aliphatic carbocycles. The summed E-state index contributed by atoms with van der Waals surface area (Å²) in [5.74, 6) is 0.567. The molecule has 0 radical (unpaired) electrons. The van der Waals surface area contributed by atoms with Gasteiger partial charge in [0.2, 0.25) is 0 Å². The van der Waals surface area contributed by atoms with Gasteiger partial charge in [-0.25, -0.2) is 0 Å². The number of aliphatic hydroxyl groups is 3. The lowest BCUT2D eigenvalue weighted by atomic mass is 9.43. The van der Waals surface area contributed by atoms with Crippen LogP contribution in [0.5, 0.6) is 0 Å². The molecule has 0 bridgehead atoms. The van der Waals surface area contributed by atoms with E-state index in [0.29, 0.717) is 30.1 Å². The van der Waals surface area contributed by atoms with Crippen molar-refractivity contribution in [2.45, 2.75) is 97.4 Å². The zero-order valence-corrected chi connectivity index (χ0v) is 19.1. The average molecular weight is 423 g/mol. The van der Waals surface area contributed by atoms with Crippen molar-refractivity contribution in [3.05, 3.63) is 0 Å². The summed E-state index contributed by atoms with van der Waals surface area (Å²) in [6, 6.07) is 0. The van der Waals surface area contributed by atoms with Crippen molar-refractivity contribution in [1.29, 1.82) is 0 Å². The van der Waals surface area contributed by atoms with E-state index >= 15 is 0 Å².